The molecule has 3 aromatic rings. The number of phenols is 1. The van der Waals surface area contributed by atoms with Gasteiger partial charge in [0.2, 0.25) is 0 Å². The molecular formula is C18H14N5O4-. The molecule has 2 N–H and O–H groups in total. The highest BCUT2D eigenvalue weighted by atomic mass is 16.6. The van der Waals surface area contributed by atoms with E-state index in [0.29, 0.717) is 22.9 Å². The molecule has 0 fully saturated rings. The fourth-order valence-corrected chi connectivity index (χ4v) is 2.33. The van der Waals surface area contributed by atoms with Crippen LogP contribution in [0.5, 0.6) is 11.5 Å². The quantitative estimate of drug-likeness (QED) is 0.403. The van der Waals surface area contributed by atoms with Crippen LogP contribution in [0, 0.1) is 17.0 Å². The van der Waals surface area contributed by atoms with Gasteiger partial charge in [-0.3, -0.25) is 15.5 Å². The molecule has 0 bridgehead atoms. The minimum Gasteiger partial charge on any atom is -0.872 e. The first-order chi connectivity index (χ1) is 12.9. The van der Waals surface area contributed by atoms with E-state index in [-0.39, 0.29) is 22.7 Å². The van der Waals surface area contributed by atoms with Crippen molar-refractivity contribution in [1.82, 2.24) is 9.97 Å². The summed E-state index contributed by atoms with van der Waals surface area (Å²) in [5, 5.41) is 36.4. The number of non-ortho nitro benzene ring substituents is 1. The van der Waals surface area contributed by atoms with E-state index in [0.717, 1.165) is 18.2 Å². The first-order valence-corrected chi connectivity index (χ1v) is 7.82. The third kappa shape index (κ3) is 4.15. The summed E-state index contributed by atoms with van der Waals surface area (Å²) in [6.07, 6.45) is 1.19. The SMILES string of the molecule is Cc1cc(N/N=C/c2cc([N+](=O)[O-])ccc2[O-])nc(-c2ccccc2O)n1. The molecule has 136 valence electrons. The molecule has 0 aliphatic rings. The van der Waals surface area contributed by atoms with Crippen LogP contribution in [-0.4, -0.2) is 26.2 Å². The summed E-state index contributed by atoms with van der Waals surface area (Å²) in [5.74, 6) is 0.311. The Morgan fingerprint density at radius 1 is 1.19 bits per heavy atom. The second kappa shape index (κ2) is 7.48. The second-order valence-corrected chi connectivity index (χ2v) is 5.58. The van der Waals surface area contributed by atoms with E-state index in [1.807, 2.05) is 0 Å². The molecule has 0 atom stereocenters. The zero-order valence-corrected chi connectivity index (χ0v) is 14.2. The lowest BCUT2D eigenvalue weighted by Crippen LogP contribution is -2.01. The lowest BCUT2D eigenvalue weighted by molar-refractivity contribution is -0.385. The first-order valence-electron chi connectivity index (χ1n) is 7.82. The number of anilines is 1. The van der Waals surface area contributed by atoms with Gasteiger partial charge >= 0.3 is 0 Å². The highest BCUT2D eigenvalue weighted by Gasteiger charge is 2.09. The summed E-state index contributed by atoms with van der Waals surface area (Å²) in [5.41, 5.74) is 3.65. The number of aromatic nitrogens is 2. The van der Waals surface area contributed by atoms with Crippen LogP contribution < -0.4 is 10.5 Å². The molecule has 0 aliphatic heterocycles. The Bertz CT molecular complexity index is 1040. The summed E-state index contributed by atoms with van der Waals surface area (Å²) in [7, 11) is 0. The average Bonchev–Trinajstić information content (AvgIpc) is 2.63. The summed E-state index contributed by atoms with van der Waals surface area (Å²) in [6.45, 7) is 1.76. The molecule has 0 aliphatic carbocycles. The summed E-state index contributed by atoms with van der Waals surface area (Å²) in [4.78, 5) is 18.8. The normalized spacial score (nSPS) is 10.9. The fourth-order valence-electron chi connectivity index (χ4n) is 2.33. The van der Waals surface area contributed by atoms with E-state index in [9.17, 15) is 20.3 Å². The van der Waals surface area contributed by atoms with Gasteiger partial charge in [0.05, 0.1) is 16.7 Å². The maximum absolute atomic E-state index is 11.8. The van der Waals surface area contributed by atoms with Gasteiger partial charge in [0, 0.05) is 23.9 Å². The number of rotatable bonds is 5. The summed E-state index contributed by atoms with van der Waals surface area (Å²) in [6, 6.07) is 11.7. The molecule has 0 saturated heterocycles. The van der Waals surface area contributed by atoms with Gasteiger partial charge in [-0.05, 0) is 24.6 Å². The van der Waals surface area contributed by atoms with Gasteiger partial charge in [0.1, 0.15) is 5.75 Å². The Hall–Kier alpha value is -4.01. The number of hydrogen-bond acceptors (Lipinski definition) is 8. The first kappa shape index (κ1) is 17.8. The molecule has 1 heterocycles. The van der Waals surface area contributed by atoms with E-state index in [1.54, 1.807) is 31.2 Å². The van der Waals surface area contributed by atoms with Crippen LogP contribution in [-0.2, 0) is 0 Å². The fraction of sp³-hybridized carbons (Fsp3) is 0.0556. The minimum atomic E-state index is -0.587. The molecule has 9 heteroatoms. The lowest BCUT2D eigenvalue weighted by Gasteiger charge is -2.09. The van der Waals surface area contributed by atoms with Gasteiger partial charge < -0.3 is 10.2 Å². The standard InChI is InChI=1S/C18H15N5O4/c1-11-8-17(21-18(20-11)14-4-2-3-5-16(14)25)22-19-10-12-9-13(23(26)27)6-7-15(12)24/h2-10,24-25H,1H3,(H,20,21,22)/p-1/b19-10+. The largest absolute Gasteiger partial charge is 0.872 e. The Morgan fingerprint density at radius 2 is 1.96 bits per heavy atom. The Kier molecular flexibility index (Phi) is 4.93. The number of phenolic OH excluding ortho intramolecular Hbond substituents is 1. The van der Waals surface area contributed by atoms with Crippen molar-refractivity contribution in [3.05, 3.63) is 69.9 Å². The summed E-state index contributed by atoms with van der Waals surface area (Å²) >= 11 is 0. The molecule has 0 spiro atoms. The van der Waals surface area contributed by atoms with E-state index in [4.69, 9.17) is 0 Å². The number of hydrazone groups is 1. The zero-order valence-electron chi connectivity index (χ0n) is 14.2. The van der Waals surface area contributed by atoms with Crippen molar-refractivity contribution in [3.8, 4) is 22.9 Å². The lowest BCUT2D eigenvalue weighted by atomic mass is 10.2. The third-order valence-corrected chi connectivity index (χ3v) is 3.59. The van der Waals surface area contributed by atoms with E-state index in [2.05, 4.69) is 20.5 Å². The number of nitro benzene ring substituents is 1. The van der Waals surface area contributed by atoms with Crippen molar-refractivity contribution in [2.24, 2.45) is 5.10 Å². The molecule has 27 heavy (non-hydrogen) atoms. The van der Waals surface area contributed by atoms with Crippen molar-refractivity contribution in [1.29, 1.82) is 0 Å². The van der Waals surface area contributed by atoms with E-state index in [1.165, 1.54) is 12.3 Å². The second-order valence-electron chi connectivity index (χ2n) is 5.58. The molecule has 0 amide bonds. The van der Waals surface area contributed by atoms with Gasteiger partial charge in [-0.15, -0.1) is 0 Å². The molecule has 0 radical (unpaired) electrons. The number of para-hydroxylation sites is 1. The number of aryl methyl sites for hydroxylation is 1. The maximum Gasteiger partial charge on any atom is 0.270 e. The number of benzene rings is 2. The Morgan fingerprint density at radius 3 is 2.70 bits per heavy atom. The highest BCUT2D eigenvalue weighted by molar-refractivity contribution is 5.84. The van der Waals surface area contributed by atoms with Crippen LogP contribution in [0.4, 0.5) is 11.5 Å². The Balaban J connectivity index is 1.85. The monoisotopic (exact) mass is 364 g/mol. The molecule has 1 aromatic heterocycles. The van der Waals surface area contributed by atoms with Crippen LogP contribution in [0.3, 0.4) is 0 Å². The predicted molar refractivity (Wildman–Crippen MR) is 97.6 cm³/mol. The topological polar surface area (TPSA) is 137 Å². The van der Waals surface area contributed by atoms with Gasteiger partial charge in [-0.1, -0.05) is 23.9 Å². The molecular weight excluding hydrogens is 350 g/mol. The van der Waals surface area contributed by atoms with Crippen molar-refractivity contribution in [3.63, 3.8) is 0 Å². The van der Waals surface area contributed by atoms with Crippen LogP contribution >= 0.6 is 0 Å². The maximum atomic E-state index is 11.8. The van der Waals surface area contributed by atoms with Crippen LogP contribution in [0.15, 0.2) is 53.6 Å². The minimum absolute atomic E-state index is 0.0464. The van der Waals surface area contributed by atoms with Gasteiger partial charge in [0.15, 0.2) is 11.6 Å². The van der Waals surface area contributed by atoms with Gasteiger partial charge in [-0.25, -0.2) is 9.97 Å². The van der Waals surface area contributed by atoms with Gasteiger partial charge in [0.25, 0.3) is 5.69 Å². The molecule has 2 aromatic carbocycles. The number of hydrogen-bond donors (Lipinski definition) is 2. The molecule has 0 unspecified atom stereocenters. The van der Waals surface area contributed by atoms with Crippen LogP contribution in [0.1, 0.15) is 11.3 Å². The predicted octanol–water partition coefficient (Wildman–Crippen LogP) is 2.59. The van der Waals surface area contributed by atoms with Gasteiger partial charge in [-0.2, -0.15) is 5.10 Å². The van der Waals surface area contributed by atoms with Crippen LogP contribution in [0.25, 0.3) is 11.4 Å². The molecule has 0 saturated carbocycles. The number of nitrogens with one attached hydrogen (secondary N) is 1. The van der Waals surface area contributed by atoms with Crippen molar-refractivity contribution in [2.45, 2.75) is 6.92 Å². The zero-order chi connectivity index (χ0) is 19.4. The highest BCUT2D eigenvalue weighted by Crippen LogP contribution is 2.26. The number of nitro groups is 1. The molecule has 3 rings (SSSR count). The number of aromatic hydroxyl groups is 1. The van der Waals surface area contributed by atoms with E-state index < -0.39 is 4.92 Å². The average molecular weight is 364 g/mol. The van der Waals surface area contributed by atoms with Crippen LogP contribution in [0.2, 0.25) is 0 Å². The van der Waals surface area contributed by atoms with Crippen molar-refractivity contribution >= 4 is 17.7 Å². The summed E-state index contributed by atoms with van der Waals surface area (Å²) < 4.78 is 0. The van der Waals surface area contributed by atoms with Crippen molar-refractivity contribution < 1.29 is 15.1 Å². The van der Waals surface area contributed by atoms with Crippen molar-refractivity contribution in [2.75, 3.05) is 5.43 Å². The van der Waals surface area contributed by atoms with E-state index >= 15 is 0 Å². The molecule has 9 nitrogen and oxygen atoms in total. The Labute approximate surface area is 153 Å². The number of nitrogens with zero attached hydrogens (tertiary/aromatic N) is 4. The third-order valence-electron chi connectivity index (χ3n) is 3.59. The smallest absolute Gasteiger partial charge is 0.270 e.